The first-order valence-corrected chi connectivity index (χ1v) is 6.07. The van der Waals surface area contributed by atoms with Gasteiger partial charge in [0, 0.05) is 12.5 Å². The van der Waals surface area contributed by atoms with Gasteiger partial charge in [-0.15, -0.1) is 0 Å². The summed E-state index contributed by atoms with van der Waals surface area (Å²) >= 11 is 0. The Bertz CT molecular complexity index is 489. The van der Waals surface area contributed by atoms with Crippen molar-refractivity contribution in [3.63, 3.8) is 0 Å². The summed E-state index contributed by atoms with van der Waals surface area (Å²) in [6.45, 7) is -0.171. The number of carbonyl (C=O) groups excluding carboxylic acids is 1. The van der Waals surface area contributed by atoms with Crippen molar-refractivity contribution in [1.82, 2.24) is 10.6 Å². The van der Waals surface area contributed by atoms with E-state index in [9.17, 15) is 9.59 Å². The molecule has 6 nitrogen and oxygen atoms in total. The van der Waals surface area contributed by atoms with E-state index in [-0.39, 0.29) is 5.92 Å². The first-order chi connectivity index (χ1) is 9.11. The van der Waals surface area contributed by atoms with Crippen LogP contribution in [0.15, 0.2) is 24.3 Å². The van der Waals surface area contributed by atoms with Crippen molar-refractivity contribution in [1.29, 1.82) is 0 Å². The molecule has 1 aromatic rings. The van der Waals surface area contributed by atoms with Gasteiger partial charge in [-0.05, 0) is 17.5 Å². The Balaban J connectivity index is 1.78. The number of carboxylic acids is 1. The van der Waals surface area contributed by atoms with Crippen LogP contribution in [0.1, 0.15) is 17.0 Å². The van der Waals surface area contributed by atoms with Gasteiger partial charge in [-0.3, -0.25) is 0 Å². The minimum atomic E-state index is -1.27. The molecule has 1 aromatic carbocycles. The highest BCUT2D eigenvalue weighted by molar-refractivity contribution is 5.82. The molecule has 2 atom stereocenters. The molecule has 1 aliphatic rings. The van der Waals surface area contributed by atoms with Crippen molar-refractivity contribution in [2.75, 3.05) is 13.2 Å². The molecular formula is C13H16N2O4. The zero-order valence-electron chi connectivity index (χ0n) is 10.3. The molecule has 0 bridgehead atoms. The highest BCUT2D eigenvalue weighted by atomic mass is 16.4. The smallest absolute Gasteiger partial charge is 0.328 e. The second-order valence-electron chi connectivity index (χ2n) is 4.53. The lowest BCUT2D eigenvalue weighted by Crippen LogP contribution is -2.49. The van der Waals surface area contributed by atoms with E-state index in [4.69, 9.17) is 10.2 Å². The molecule has 0 heterocycles. The third-order valence-corrected chi connectivity index (χ3v) is 3.26. The van der Waals surface area contributed by atoms with E-state index in [0.717, 1.165) is 6.42 Å². The largest absolute Gasteiger partial charge is 0.480 e. The molecule has 1 unspecified atom stereocenters. The summed E-state index contributed by atoms with van der Waals surface area (Å²) in [4.78, 5) is 22.1. The molecule has 4 N–H and O–H groups in total. The molecule has 0 aromatic heterocycles. The third-order valence-electron chi connectivity index (χ3n) is 3.26. The van der Waals surface area contributed by atoms with Crippen LogP contribution >= 0.6 is 0 Å². The Kier molecular flexibility index (Phi) is 4.01. The number of rotatable bonds is 5. The van der Waals surface area contributed by atoms with Gasteiger partial charge in [0.1, 0.15) is 0 Å². The van der Waals surface area contributed by atoms with Gasteiger partial charge in [0.05, 0.1) is 6.61 Å². The van der Waals surface area contributed by atoms with Crippen LogP contribution in [0.5, 0.6) is 0 Å². The summed E-state index contributed by atoms with van der Waals surface area (Å²) in [6.07, 6.45) is 0.915. The number of nitrogens with one attached hydrogen (secondary N) is 2. The van der Waals surface area contributed by atoms with Crippen molar-refractivity contribution in [2.45, 2.75) is 18.4 Å². The van der Waals surface area contributed by atoms with Gasteiger partial charge in [-0.2, -0.15) is 0 Å². The van der Waals surface area contributed by atoms with Crippen molar-refractivity contribution >= 4 is 12.0 Å². The molecule has 0 fully saturated rings. The van der Waals surface area contributed by atoms with Crippen LogP contribution in [0.4, 0.5) is 4.79 Å². The van der Waals surface area contributed by atoms with Gasteiger partial charge in [0.2, 0.25) is 0 Å². The molecule has 6 heteroatoms. The molecule has 0 saturated carbocycles. The zero-order chi connectivity index (χ0) is 13.8. The van der Waals surface area contributed by atoms with Gasteiger partial charge < -0.3 is 20.8 Å². The van der Waals surface area contributed by atoms with E-state index in [1.165, 1.54) is 11.1 Å². The van der Waals surface area contributed by atoms with Gasteiger partial charge in [0.25, 0.3) is 0 Å². The lowest BCUT2D eigenvalue weighted by Gasteiger charge is -2.30. The standard InChI is InChI=1S/C13H16N2O4/c16-7-11(12(17)18)15-13(19)14-6-9-5-8-3-1-2-4-10(8)9/h1-4,9,11,16H,5-7H2,(H,17,18)(H2,14,15,19)/t9?,11-/m0/s1. The Morgan fingerprint density at radius 3 is 2.74 bits per heavy atom. The number of amides is 2. The minimum Gasteiger partial charge on any atom is -0.480 e. The second kappa shape index (κ2) is 5.71. The fourth-order valence-corrected chi connectivity index (χ4v) is 2.16. The van der Waals surface area contributed by atoms with Gasteiger partial charge in [0.15, 0.2) is 6.04 Å². The number of aliphatic carboxylic acids is 1. The van der Waals surface area contributed by atoms with Crippen molar-refractivity contribution in [2.24, 2.45) is 0 Å². The normalized spacial score (nSPS) is 17.8. The maximum atomic E-state index is 11.5. The summed E-state index contributed by atoms with van der Waals surface area (Å²) < 4.78 is 0. The Morgan fingerprint density at radius 1 is 1.37 bits per heavy atom. The average molecular weight is 264 g/mol. The first-order valence-electron chi connectivity index (χ1n) is 6.07. The number of carboxylic acid groups (broad SMARTS) is 1. The Hall–Kier alpha value is -2.08. The number of fused-ring (bicyclic) bond motifs is 1. The fourth-order valence-electron chi connectivity index (χ4n) is 2.16. The predicted octanol–water partition coefficient (Wildman–Crippen LogP) is 0.0710. The Morgan fingerprint density at radius 2 is 2.11 bits per heavy atom. The van der Waals surface area contributed by atoms with Crippen LogP contribution < -0.4 is 10.6 Å². The monoisotopic (exact) mass is 264 g/mol. The van der Waals surface area contributed by atoms with Gasteiger partial charge >= 0.3 is 12.0 Å². The summed E-state index contributed by atoms with van der Waals surface area (Å²) in [5, 5.41) is 22.3. The van der Waals surface area contributed by atoms with Crippen molar-refractivity contribution in [3.05, 3.63) is 35.4 Å². The SMILES string of the molecule is O=C(NCC1Cc2ccccc21)N[C@@H](CO)C(=O)O. The molecule has 1 aliphatic carbocycles. The van der Waals surface area contributed by atoms with Gasteiger partial charge in [-0.1, -0.05) is 24.3 Å². The van der Waals surface area contributed by atoms with Crippen LogP contribution in [0, 0.1) is 0 Å². The topological polar surface area (TPSA) is 98.7 Å². The number of aliphatic hydroxyl groups is 1. The molecule has 0 spiro atoms. The predicted molar refractivity (Wildman–Crippen MR) is 67.9 cm³/mol. The van der Waals surface area contributed by atoms with E-state index < -0.39 is 24.6 Å². The van der Waals surface area contributed by atoms with Crippen molar-refractivity contribution in [3.8, 4) is 0 Å². The summed E-state index contributed by atoms with van der Waals surface area (Å²) in [5.41, 5.74) is 2.51. The molecule has 19 heavy (non-hydrogen) atoms. The molecule has 0 saturated heterocycles. The summed E-state index contributed by atoms with van der Waals surface area (Å²) in [6, 6.07) is 6.17. The maximum Gasteiger partial charge on any atom is 0.328 e. The van der Waals surface area contributed by atoms with Crippen LogP contribution in [0.3, 0.4) is 0 Å². The molecule has 2 rings (SSSR count). The number of urea groups is 1. The quantitative estimate of drug-likeness (QED) is 0.605. The van der Waals surface area contributed by atoms with E-state index in [0.29, 0.717) is 6.54 Å². The van der Waals surface area contributed by atoms with E-state index in [1.54, 1.807) is 0 Å². The number of hydrogen-bond donors (Lipinski definition) is 4. The average Bonchev–Trinajstić information content (AvgIpc) is 2.36. The number of aliphatic hydroxyl groups excluding tert-OH is 1. The van der Waals surface area contributed by atoms with Crippen LogP contribution in [-0.2, 0) is 11.2 Å². The highest BCUT2D eigenvalue weighted by Gasteiger charge is 2.26. The second-order valence-corrected chi connectivity index (χ2v) is 4.53. The highest BCUT2D eigenvalue weighted by Crippen LogP contribution is 2.33. The first kappa shape index (κ1) is 13.4. The summed E-state index contributed by atoms with van der Waals surface area (Å²) in [5.74, 6) is -0.981. The molecule has 102 valence electrons. The maximum absolute atomic E-state index is 11.5. The third kappa shape index (κ3) is 3.03. The molecular weight excluding hydrogens is 248 g/mol. The van der Waals surface area contributed by atoms with Crippen molar-refractivity contribution < 1.29 is 19.8 Å². The van der Waals surface area contributed by atoms with E-state index in [2.05, 4.69) is 16.7 Å². The van der Waals surface area contributed by atoms with Gasteiger partial charge in [-0.25, -0.2) is 9.59 Å². The van der Waals surface area contributed by atoms with E-state index in [1.807, 2.05) is 18.2 Å². The Labute approximate surface area is 110 Å². The van der Waals surface area contributed by atoms with E-state index >= 15 is 0 Å². The fraction of sp³-hybridized carbons (Fsp3) is 0.385. The number of benzene rings is 1. The zero-order valence-corrected chi connectivity index (χ0v) is 10.3. The lowest BCUT2D eigenvalue weighted by atomic mass is 9.78. The minimum absolute atomic E-state index is 0.277. The lowest BCUT2D eigenvalue weighted by molar-refractivity contribution is -0.140. The molecule has 0 aliphatic heterocycles. The summed E-state index contributed by atoms with van der Waals surface area (Å²) in [7, 11) is 0. The van der Waals surface area contributed by atoms with Crippen LogP contribution in [0.2, 0.25) is 0 Å². The number of hydrogen-bond acceptors (Lipinski definition) is 3. The number of carbonyl (C=O) groups is 2. The molecule has 0 radical (unpaired) electrons. The molecule has 2 amide bonds. The van der Waals surface area contributed by atoms with Crippen LogP contribution in [-0.4, -0.2) is 41.4 Å². The van der Waals surface area contributed by atoms with Crippen LogP contribution in [0.25, 0.3) is 0 Å².